The second-order valence-electron chi connectivity index (χ2n) is 8.81. The molecule has 2 fully saturated rings. The Morgan fingerprint density at radius 3 is 2.22 bits per heavy atom. The Bertz CT molecular complexity index is 830. The van der Waals surface area contributed by atoms with Crippen molar-refractivity contribution in [3.05, 3.63) is 48.6 Å². The molecule has 202 valence electrons. The average Bonchev–Trinajstić information content (AvgIpc) is 2.87. The molecular formula is C24H36N2O10. The maximum absolute atomic E-state index is 11.6. The van der Waals surface area contributed by atoms with Gasteiger partial charge in [0.15, 0.2) is 12.6 Å². The van der Waals surface area contributed by atoms with Crippen LogP contribution in [0.1, 0.15) is 12.5 Å². The summed E-state index contributed by atoms with van der Waals surface area (Å²) in [6, 6.07) is 7.26. The molecule has 12 nitrogen and oxygen atoms in total. The van der Waals surface area contributed by atoms with Crippen molar-refractivity contribution in [2.24, 2.45) is 0 Å². The Kier molecular flexibility index (Phi) is 10.8. The zero-order valence-electron chi connectivity index (χ0n) is 20.1. The molecule has 0 bridgehead atoms. The Hall–Kier alpha value is -1.97. The molecule has 2 aliphatic rings. The van der Waals surface area contributed by atoms with Gasteiger partial charge in [-0.1, -0.05) is 36.4 Å². The number of hydrogen-bond acceptors (Lipinski definition) is 11. The smallest absolute Gasteiger partial charge is 0.217 e. The lowest BCUT2D eigenvalue weighted by atomic mass is 9.94. The monoisotopic (exact) mass is 512 g/mol. The predicted octanol–water partition coefficient (Wildman–Crippen LogP) is -2.25. The van der Waals surface area contributed by atoms with E-state index in [1.807, 2.05) is 30.3 Å². The van der Waals surface area contributed by atoms with Crippen LogP contribution in [0, 0.1) is 0 Å². The van der Waals surface area contributed by atoms with E-state index >= 15 is 0 Å². The molecule has 2 aliphatic heterocycles. The van der Waals surface area contributed by atoms with E-state index < -0.39 is 73.8 Å². The highest BCUT2D eigenvalue weighted by atomic mass is 16.7. The summed E-state index contributed by atoms with van der Waals surface area (Å²) in [5.74, 6) is -0.438. The fraction of sp³-hybridized carbons (Fsp3) is 0.625. The maximum atomic E-state index is 11.6. The Balaban J connectivity index is 1.70. The Morgan fingerprint density at radius 2 is 1.58 bits per heavy atom. The van der Waals surface area contributed by atoms with Crippen LogP contribution >= 0.6 is 0 Å². The maximum Gasteiger partial charge on any atom is 0.217 e. The van der Waals surface area contributed by atoms with Gasteiger partial charge in [0.05, 0.1) is 25.9 Å². The molecule has 0 radical (unpaired) electrons. The molecule has 1 amide bonds. The molecule has 12 heteroatoms. The molecular weight excluding hydrogens is 476 g/mol. The standard InChI is InChI=1S/C24H36N2O10/c1-3-9-33-24-18(26-13(2)28)22(32)19(29)15(35-24)10-25-17-21(31)20(30)16(11-27)36-23(17)34-12-14-7-5-4-6-8-14/h3-8,15-25,27,29-32H,1,9-12H2,2H3,(H,26,28)/t15-,16-,17-,18-,19-,20-,21-,22-,23+,24+/m1/s1. The van der Waals surface area contributed by atoms with Crippen LogP contribution < -0.4 is 10.6 Å². The second kappa shape index (κ2) is 13.5. The van der Waals surface area contributed by atoms with E-state index in [0.29, 0.717) is 0 Å². The summed E-state index contributed by atoms with van der Waals surface area (Å²) < 4.78 is 22.9. The minimum Gasteiger partial charge on any atom is -0.394 e. The largest absolute Gasteiger partial charge is 0.394 e. The number of ether oxygens (including phenoxy) is 4. The van der Waals surface area contributed by atoms with Crippen molar-refractivity contribution in [2.75, 3.05) is 19.8 Å². The molecule has 3 rings (SSSR count). The molecule has 2 heterocycles. The fourth-order valence-electron chi connectivity index (χ4n) is 4.24. The zero-order valence-corrected chi connectivity index (χ0v) is 20.1. The number of aliphatic hydroxyl groups excluding tert-OH is 5. The highest BCUT2D eigenvalue weighted by Crippen LogP contribution is 2.25. The van der Waals surface area contributed by atoms with Crippen LogP contribution in [0.2, 0.25) is 0 Å². The number of carbonyl (C=O) groups is 1. The van der Waals surface area contributed by atoms with E-state index in [-0.39, 0.29) is 19.8 Å². The first-order chi connectivity index (χ1) is 17.3. The summed E-state index contributed by atoms with van der Waals surface area (Å²) >= 11 is 0. The molecule has 0 unspecified atom stereocenters. The number of hydrogen-bond donors (Lipinski definition) is 7. The van der Waals surface area contributed by atoms with Gasteiger partial charge in [0, 0.05) is 13.5 Å². The number of nitrogens with one attached hydrogen (secondary N) is 2. The number of benzene rings is 1. The molecule has 2 saturated heterocycles. The number of rotatable bonds is 11. The number of aliphatic hydroxyl groups is 5. The van der Waals surface area contributed by atoms with Crippen molar-refractivity contribution in [1.82, 2.24) is 10.6 Å². The molecule has 0 aromatic heterocycles. The third-order valence-corrected chi connectivity index (χ3v) is 6.14. The van der Waals surface area contributed by atoms with Gasteiger partial charge in [-0.2, -0.15) is 0 Å². The van der Waals surface area contributed by atoms with Gasteiger partial charge in [-0.05, 0) is 5.56 Å². The lowest BCUT2D eigenvalue weighted by molar-refractivity contribution is -0.280. The van der Waals surface area contributed by atoms with Crippen LogP contribution in [0.15, 0.2) is 43.0 Å². The topological polar surface area (TPSA) is 179 Å². The predicted molar refractivity (Wildman–Crippen MR) is 125 cm³/mol. The number of carbonyl (C=O) groups excluding carboxylic acids is 1. The first-order valence-electron chi connectivity index (χ1n) is 11.8. The van der Waals surface area contributed by atoms with Crippen molar-refractivity contribution >= 4 is 5.91 Å². The number of amides is 1. The molecule has 0 saturated carbocycles. The van der Waals surface area contributed by atoms with E-state index in [1.165, 1.54) is 13.0 Å². The van der Waals surface area contributed by atoms with Gasteiger partial charge in [-0.15, -0.1) is 6.58 Å². The summed E-state index contributed by atoms with van der Waals surface area (Å²) in [5.41, 5.74) is 0.849. The minimum atomic E-state index is -1.42. The van der Waals surface area contributed by atoms with E-state index in [2.05, 4.69) is 17.2 Å². The van der Waals surface area contributed by atoms with Crippen molar-refractivity contribution < 1.29 is 49.3 Å². The highest BCUT2D eigenvalue weighted by Gasteiger charge is 2.48. The van der Waals surface area contributed by atoms with Gasteiger partial charge in [-0.25, -0.2) is 0 Å². The van der Waals surface area contributed by atoms with Crippen LogP contribution in [0.25, 0.3) is 0 Å². The minimum absolute atomic E-state index is 0.0725. The third kappa shape index (κ3) is 7.07. The molecule has 10 atom stereocenters. The molecule has 0 spiro atoms. The molecule has 7 N–H and O–H groups in total. The third-order valence-electron chi connectivity index (χ3n) is 6.14. The Labute approximate surface area is 209 Å². The van der Waals surface area contributed by atoms with Crippen LogP contribution in [-0.2, 0) is 30.3 Å². The first-order valence-corrected chi connectivity index (χ1v) is 11.8. The van der Waals surface area contributed by atoms with Crippen LogP contribution in [-0.4, -0.2) is 112 Å². The van der Waals surface area contributed by atoms with Gasteiger partial charge in [0.1, 0.15) is 42.7 Å². The SMILES string of the molecule is C=CCO[C@H]1O[C@H](CN[C@H]2[C@@H](OCc3ccccc3)O[C@H](CO)[C@@H](O)[C@@H]2O)[C@@H](O)[C@H](O)[C@H]1NC(C)=O. The quantitative estimate of drug-likeness (QED) is 0.159. The van der Waals surface area contributed by atoms with Gasteiger partial charge in [-0.3, -0.25) is 4.79 Å². The lowest BCUT2D eigenvalue weighted by Crippen LogP contribution is -2.68. The fourth-order valence-corrected chi connectivity index (χ4v) is 4.24. The van der Waals surface area contributed by atoms with E-state index in [0.717, 1.165) is 5.56 Å². The van der Waals surface area contributed by atoms with Crippen molar-refractivity contribution in [1.29, 1.82) is 0 Å². The van der Waals surface area contributed by atoms with Crippen molar-refractivity contribution in [3.63, 3.8) is 0 Å². The van der Waals surface area contributed by atoms with E-state index in [4.69, 9.17) is 18.9 Å². The zero-order chi connectivity index (χ0) is 26.2. The van der Waals surface area contributed by atoms with Crippen molar-refractivity contribution in [3.8, 4) is 0 Å². The lowest BCUT2D eigenvalue weighted by Gasteiger charge is -2.45. The summed E-state index contributed by atoms with van der Waals surface area (Å²) in [7, 11) is 0. The van der Waals surface area contributed by atoms with Gasteiger partial charge >= 0.3 is 0 Å². The summed E-state index contributed by atoms with van der Waals surface area (Å²) in [4.78, 5) is 11.6. The van der Waals surface area contributed by atoms with Crippen LogP contribution in [0.4, 0.5) is 0 Å². The first kappa shape index (κ1) is 28.6. The highest BCUT2D eigenvalue weighted by molar-refractivity contribution is 5.73. The summed E-state index contributed by atoms with van der Waals surface area (Å²) in [6.45, 7) is 4.41. The molecule has 0 aliphatic carbocycles. The second-order valence-corrected chi connectivity index (χ2v) is 8.81. The van der Waals surface area contributed by atoms with Gasteiger partial charge < -0.3 is 55.1 Å². The normalized spacial score (nSPS) is 36.8. The molecule has 36 heavy (non-hydrogen) atoms. The Morgan fingerprint density at radius 1 is 0.972 bits per heavy atom. The van der Waals surface area contributed by atoms with Crippen LogP contribution in [0.3, 0.4) is 0 Å². The molecule has 1 aromatic rings. The van der Waals surface area contributed by atoms with E-state index in [1.54, 1.807) is 0 Å². The summed E-state index contributed by atoms with van der Waals surface area (Å²) in [6.07, 6.45) is -8.37. The average molecular weight is 513 g/mol. The van der Waals surface area contributed by atoms with Crippen LogP contribution in [0.5, 0.6) is 0 Å². The molecule has 1 aromatic carbocycles. The van der Waals surface area contributed by atoms with Crippen molar-refractivity contribution in [2.45, 2.75) is 74.8 Å². The summed E-state index contributed by atoms with van der Waals surface area (Å²) in [5, 5.41) is 57.5. The van der Waals surface area contributed by atoms with Gasteiger partial charge in [0.2, 0.25) is 5.91 Å². The van der Waals surface area contributed by atoms with E-state index in [9.17, 15) is 30.3 Å². The van der Waals surface area contributed by atoms with Gasteiger partial charge in [0.25, 0.3) is 0 Å².